The molecule has 0 aromatic carbocycles. The molecule has 0 spiro atoms. The third-order valence-corrected chi connectivity index (χ3v) is 3.34. The van der Waals surface area contributed by atoms with E-state index in [0.29, 0.717) is 13.1 Å². The predicted octanol–water partition coefficient (Wildman–Crippen LogP) is 0.502. The lowest BCUT2D eigenvalue weighted by molar-refractivity contribution is -0.137. The zero-order chi connectivity index (χ0) is 15.3. The highest BCUT2D eigenvalue weighted by Gasteiger charge is 2.35. The zero-order valence-corrected chi connectivity index (χ0v) is 12.3. The Morgan fingerprint density at radius 3 is 2.20 bits per heavy atom. The molecule has 1 aliphatic carbocycles. The molecule has 3 amide bonds. The van der Waals surface area contributed by atoms with Gasteiger partial charge in [-0.1, -0.05) is 0 Å². The summed E-state index contributed by atoms with van der Waals surface area (Å²) < 4.78 is 0. The summed E-state index contributed by atoms with van der Waals surface area (Å²) >= 11 is 0. The third kappa shape index (κ3) is 4.40. The van der Waals surface area contributed by atoms with Crippen LogP contribution in [0.4, 0.5) is 4.79 Å². The predicted molar refractivity (Wildman–Crippen MR) is 73.3 cm³/mol. The number of rotatable bonds is 7. The van der Waals surface area contributed by atoms with Crippen molar-refractivity contribution in [1.29, 1.82) is 0 Å². The summed E-state index contributed by atoms with van der Waals surface area (Å²) in [7, 11) is 0. The number of carboxylic acids is 1. The van der Waals surface area contributed by atoms with E-state index in [4.69, 9.17) is 5.11 Å². The minimum absolute atomic E-state index is 0.0122. The molecule has 2 N–H and O–H groups in total. The van der Waals surface area contributed by atoms with Crippen molar-refractivity contribution in [3.05, 3.63) is 0 Å². The number of aliphatic carboxylic acids is 1. The molecular weight excluding hydrogens is 262 g/mol. The van der Waals surface area contributed by atoms with Gasteiger partial charge >= 0.3 is 12.0 Å². The Morgan fingerprint density at radius 1 is 1.25 bits per heavy atom. The van der Waals surface area contributed by atoms with Gasteiger partial charge in [-0.05, 0) is 33.6 Å². The van der Waals surface area contributed by atoms with E-state index >= 15 is 0 Å². The Kier molecular flexibility index (Phi) is 5.79. The molecule has 0 aromatic heterocycles. The van der Waals surface area contributed by atoms with E-state index in [-0.39, 0.29) is 18.5 Å². The van der Waals surface area contributed by atoms with E-state index in [1.165, 1.54) is 4.90 Å². The highest BCUT2D eigenvalue weighted by Crippen LogP contribution is 2.26. The topological polar surface area (TPSA) is 90.0 Å². The van der Waals surface area contributed by atoms with E-state index in [1.807, 2.05) is 13.8 Å². The fourth-order valence-electron chi connectivity index (χ4n) is 2.04. The van der Waals surface area contributed by atoms with Crippen LogP contribution in [0.1, 0.15) is 33.6 Å². The maximum atomic E-state index is 12.1. The number of carbonyl (C=O) groups excluding carboxylic acids is 2. The Morgan fingerprint density at radius 2 is 1.80 bits per heavy atom. The molecule has 1 rings (SSSR count). The summed E-state index contributed by atoms with van der Waals surface area (Å²) in [5, 5.41) is 11.4. The number of carbonyl (C=O) groups is 3. The fraction of sp³-hybridized carbons (Fsp3) is 0.769. The average molecular weight is 285 g/mol. The second-order valence-corrected chi connectivity index (χ2v) is 4.93. The van der Waals surface area contributed by atoms with Gasteiger partial charge in [0, 0.05) is 19.1 Å². The van der Waals surface area contributed by atoms with Crippen LogP contribution in [0.5, 0.6) is 0 Å². The molecule has 0 saturated heterocycles. The van der Waals surface area contributed by atoms with Gasteiger partial charge in [0.25, 0.3) is 0 Å². The summed E-state index contributed by atoms with van der Waals surface area (Å²) in [6.07, 6.45) is 1.64. The van der Waals surface area contributed by atoms with Crippen molar-refractivity contribution in [3.8, 4) is 0 Å². The van der Waals surface area contributed by atoms with Crippen molar-refractivity contribution in [2.24, 2.45) is 0 Å². The van der Waals surface area contributed by atoms with Crippen molar-refractivity contribution in [1.82, 2.24) is 15.1 Å². The Balaban J connectivity index is 2.58. The molecule has 1 atom stereocenters. The van der Waals surface area contributed by atoms with Gasteiger partial charge in [0.15, 0.2) is 0 Å². The first-order chi connectivity index (χ1) is 9.40. The van der Waals surface area contributed by atoms with Crippen LogP contribution in [-0.4, -0.2) is 64.5 Å². The normalized spacial score (nSPS) is 15.3. The Hall–Kier alpha value is -1.79. The number of amides is 3. The molecule has 1 fully saturated rings. The van der Waals surface area contributed by atoms with Crippen LogP contribution in [0.2, 0.25) is 0 Å². The van der Waals surface area contributed by atoms with Gasteiger partial charge in [-0.3, -0.25) is 9.59 Å². The second kappa shape index (κ2) is 7.12. The van der Waals surface area contributed by atoms with Gasteiger partial charge in [0.1, 0.15) is 12.6 Å². The lowest BCUT2D eigenvalue weighted by Crippen LogP contribution is -2.52. The summed E-state index contributed by atoms with van der Waals surface area (Å²) in [6, 6.07) is -1.15. The molecule has 0 aliphatic heterocycles. The number of likely N-dealkylation sites (N-methyl/N-ethyl adjacent to an activating group) is 1. The summed E-state index contributed by atoms with van der Waals surface area (Å²) in [4.78, 5) is 37.8. The second-order valence-electron chi connectivity index (χ2n) is 4.93. The minimum Gasteiger partial charge on any atom is -0.480 e. The van der Waals surface area contributed by atoms with Crippen molar-refractivity contribution < 1.29 is 19.5 Å². The van der Waals surface area contributed by atoms with Crippen LogP contribution in [-0.2, 0) is 9.59 Å². The fourth-order valence-corrected chi connectivity index (χ4v) is 2.04. The smallest absolute Gasteiger partial charge is 0.323 e. The molecule has 1 unspecified atom stereocenters. The lowest BCUT2D eigenvalue weighted by Gasteiger charge is -2.26. The molecule has 114 valence electrons. The van der Waals surface area contributed by atoms with E-state index in [2.05, 4.69) is 5.32 Å². The number of carboxylic acid groups (broad SMARTS) is 1. The first kappa shape index (κ1) is 16.3. The average Bonchev–Trinajstić information content (AvgIpc) is 3.21. The van der Waals surface area contributed by atoms with Crippen LogP contribution in [0.3, 0.4) is 0 Å². The van der Waals surface area contributed by atoms with E-state index < -0.39 is 18.0 Å². The maximum absolute atomic E-state index is 12.1. The quantitative estimate of drug-likeness (QED) is 0.713. The number of hydrogen-bond donors (Lipinski definition) is 2. The van der Waals surface area contributed by atoms with Gasteiger partial charge in [-0.2, -0.15) is 0 Å². The first-order valence-electron chi connectivity index (χ1n) is 6.98. The number of nitrogens with one attached hydrogen (secondary N) is 1. The molecule has 0 heterocycles. The van der Waals surface area contributed by atoms with Crippen LogP contribution < -0.4 is 5.32 Å². The van der Waals surface area contributed by atoms with E-state index in [0.717, 1.165) is 12.8 Å². The number of urea groups is 1. The van der Waals surface area contributed by atoms with Crippen LogP contribution in [0, 0.1) is 0 Å². The van der Waals surface area contributed by atoms with Gasteiger partial charge in [0.05, 0.1) is 0 Å². The zero-order valence-electron chi connectivity index (χ0n) is 12.3. The van der Waals surface area contributed by atoms with Gasteiger partial charge in [0.2, 0.25) is 5.91 Å². The van der Waals surface area contributed by atoms with Crippen LogP contribution in [0.25, 0.3) is 0 Å². The van der Waals surface area contributed by atoms with Crippen molar-refractivity contribution >= 4 is 17.9 Å². The SMILES string of the molecule is CCN(CC)C(=O)C(C)NC(=O)N(CC(=O)O)C1CC1. The summed E-state index contributed by atoms with van der Waals surface area (Å²) in [5.41, 5.74) is 0. The minimum atomic E-state index is -1.05. The van der Waals surface area contributed by atoms with Gasteiger partial charge < -0.3 is 20.2 Å². The summed E-state index contributed by atoms with van der Waals surface area (Å²) in [6.45, 7) is 6.19. The third-order valence-electron chi connectivity index (χ3n) is 3.34. The molecule has 0 bridgehead atoms. The molecule has 7 heteroatoms. The lowest BCUT2D eigenvalue weighted by atomic mass is 10.3. The molecule has 1 saturated carbocycles. The van der Waals surface area contributed by atoms with Crippen LogP contribution >= 0.6 is 0 Å². The van der Waals surface area contributed by atoms with Gasteiger partial charge in [-0.25, -0.2) is 4.79 Å². The molecule has 0 aromatic rings. The first-order valence-corrected chi connectivity index (χ1v) is 6.98. The molecule has 20 heavy (non-hydrogen) atoms. The van der Waals surface area contributed by atoms with Gasteiger partial charge in [-0.15, -0.1) is 0 Å². The molecular formula is C13H23N3O4. The summed E-state index contributed by atoms with van der Waals surface area (Å²) in [5.74, 6) is -1.20. The molecule has 7 nitrogen and oxygen atoms in total. The highest BCUT2D eigenvalue weighted by molar-refractivity contribution is 5.88. The van der Waals surface area contributed by atoms with E-state index in [9.17, 15) is 14.4 Å². The monoisotopic (exact) mass is 285 g/mol. The molecule has 0 radical (unpaired) electrons. The highest BCUT2D eigenvalue weighted by atomic mass is 16.4. The largest absolute Gasteiger partial charge is 0.480 e. The van der Waals surface area contributed by atoms with E-state index in [1.54, 1.807) is 11.8 Å². The van der Waals surface area contributed by atoms with Crippen molar-refractivity contribution in [3.63, 3.8) is 0 Å². The maximum Gasteiger partial charge on any atom is 0.323 e. The molecule has 1 aliphatic rings. The van der Waals surface area contributed by atoms with Crippen LogP contribution in [0.15, 0.2) is 0 Å². The Labute approximate surface area is 118 Å². The van der Waals surface area contributed by atoms with Crippen molar-refractivity contribution in [2.45, 2.75) is 45.7 Å². The van der Waals surface area contributed by atoms with Crippen molar-refractivity contribution in [2.75, 3.05) is 19.6 Å². The standard InChI is InChI=1S/C13H23N3O4/c1-4-15(5-2)12(19)9(3)14-13(20)16(8-11(17)18)10-6-7-10/h9-10H,4-8H2,1-3H3,(H,14,20)(H,17,18). The Bertz CT molecular complexity index is 378. The number of nitrogens with zero attached hydrogens (tertiary/aromatic N) is 2. The number of hydrogen-bond acceptors (Lipinski definition) is 3.